The fourth-order valence-corrected chi connectivity index (χ4v) is 9.39. The van der Waals surface area contributed by atoms with Crippen LogP contribution in [-0.2, 0) is 14.3 Å². The van der Waals surface area contributed by atoms with Crippen LogP contribution in [0.1, 0.15) is 328 Å². The van der Waals surface area contributed by atoms with Crippen molar-refractivity contribution in [3.8, 4) is 0 Å². The molecule has 0 aliphatic carbocycles. The van der Waals surface area contributed by atoms with E-state index in [1.165, 1.54) is 250 Å². The lowest BCUT2D eigenvalue weighted by Crippen LogP contribution is -2.45. The van der Waals surface area contributed by atoms with Crippen molar-refractivity contribution in [2.45, 2.75) is 341 Å². The molecule has 0 saturated heterocycles. The molecule has 0 bridgehead atoms. The highest BCUT2D eigenvalue weighted by Gasteiger charge is 2.18. The van der Waals surface area contributed by atoms with Crippen molar-refractivity contribution < 1.29 is 24.5 Å². The van der Waals surface area contributed by atoms with Gasteiger partial charge in [0.1, 0.15) is 0 Å². The lowest BCUT2D eigenvalue weighted by atomic mass is 10.0. The number of hydrogen-bond donors (Lipinski definition) is 3. The Bertz CT molecular complexity index is 1120. The molecule has 0 aliphatic rings. The monoisotopic (exact) mass is 970 g/mol. The number of unbranched alkanes of at least 4 members (excludes halogenated alkanes) is 42. The summed E-state index contributed by atoms with van der Waals surface area (Å²) < 4.78 is 5.49. The van der Waals surface area contributed by atoms with E-state index in [1.54, 1.807) is 6.08 Å². The molecule has 0 aliphatic heterocycles. The van der Waals surface area contributed by atoms with Crippen LogP contribution in [0.2, 0.25) is 0 Å². The second-order valence-electron chi connectivity index (χ2n) is 21.0. The minimum atomic E-state index is -0.849. The molecular weight excluding hydrogens is 851 g/mol. The molecule has 0 aromatic heterocycles. The first-order chi connectivity index (χ1) is 34.0. The summed E-state index contributed by atoms with van der Waals surface area (Å²) in [4.78, 5) is 24.5. The molecule has 0 spiro atoms. The number of hydrogen-bond acceptors (Lipinski definition) is 5. The highest BCUT2D eigenvalue weighted by molar-refractivity contribution is 5.76. The zero-order valence-electron chi connectivity index (χ0n) is 46.3. The van der Waals surface area contributed by atoms with Gasteiger partial charge in [-0.3, -0.25) is 9.59 Å². The average molecular weight is 971 g/mol. The number of ether oxygens (including phenoxy) is 1. The number of rotatable bonds is 57. The standard InChI is InChI=1S/C63H119NO5/c1-3-5-7-9-11-13-15-17-18-19-22-26-29-33-37-41-45-49-53-57-63(68)69-58-54-50-46-42-38-34-30-27-24-21-20-23-25-28-32-36-40-44-48-52-56-62(67)64-60(59-65)61(66)55-51-47-43-39-35-31-16-14-12-10-8-6-4-2/h17-18,20,23,51,55,60-61,65-66H,3-16,19,21-22,24-50,52-54,56-59H2,1-2H3,(H,64,67)/b18-17-,23-20-,55-51+. The zero-order chi connectivity index (χ0) is 50.0. The minimum absolute atomic E-state index is 0.00505. The summed E-state index contributed by atoms with van der Waals surface area (Å²) in [6.07, 6.45) is 73.2. The van der Waals surface area contributed by atoms with Gasteiger partial charge in [0.2, 0.25) is 5.91 Å². The van der Waals surface area contributed by atoms with E-state index in [9.17, 15) is 19.8 Å². The van der Waals surface area contributed by atoms with Gasteiger partial charge in [0, 0.05) is 12.8 Å². The van der Waals surface area contributed by atoms with Gasteiger partial charge in [0.25, 0.3) is 0 Å². The van der Waals surface area contributed by atoms with Crippen LogP contribution >= 0.6 is 0 Å². The normalized spacial score (nSPS) is 12.8. The van der Waals surface area contributed by atoms with Crippen molar-refractivity contribution >= 4 is 11.9 Å². The second-order valence-corrected chi connectivity index (χ2v) is 21.0. The quantitative estimate of drug-likeness (QED) is 0.0321. The number of carbonyl (C=O) groups is 2. The molecular formula is C63H119NO5. The molecule has 1 amide bonds. The fourth-order valence-electron chi connectivity index (χ4n) is 9.39. The molecule has 0 saturated carbocycles. The van der Waals surface area contributed by atoms with Gasteiger partial charge in [0.05, 0.1) is 25.4 Å². The first-order valence-corrected chi connectivity index (χ1v) is 30.8. The van der Waals surface area contributed by atoms with Gasteiger partial charge < -0.3 is 20.3 Å². The maximum Gasteiger partial charge on any atom is 0.305 e. The highest BCUT2D eigenvalue weighted by Crippen LogP contribution is 2.16. The van der Waals surface area contributed by atoms with Crippen molar-refractivity contribution in [3.63, 3.8) is 0 Å². The Morgan fingerprint density at radius 3 is 1.03 bits per heavy atom. The van der Waals surface area contributed by atoms with Crippen LogP contribution in [0.5, 0.6) is 0 Å². The third-order valence-electron chi connectivity index (χ3n) is 14.1. The molecule has 0 aromatic carbocycles. The van der Waals surface area contributed by atoms with Crippen LogP contribution in [-0.4, -0.2) is 47.4 Å². The first-order valence-electron chi connectivity index (χ1n) is 30.8. The number of aliphatic hydroxyl groups is 2. The molecule has 0 radical (unpaired) electrons. The SMILES string of the molecule is CCCCCCCC/C=C\CCCCCCCCCCCC(=O)OCCCCCCCCCCC/C=C\CCCCCCCCCC(=O)NC(CO)C(O)/C=C/CCCCCCCCCCCCC. The summed E-state index contributed by atoms with van der Waals surface area (Å²) in [5, 5.41) is 23.1. The molecule has 406 valence electrons. The van der Waals surface area contributed by atoms with Crippen LogP contribution in [0.3, 0.4) is 0 Å². The van der Waals surface area contributed by atoms with Crippen LogP contribution < -0.4 is 5.32 Å². The first kappa shape index (κ1) is 67.1. The Balaban J connectivity index is 3.43. The van der Waals surface area contributed by atoms with E-state index in [-0.39, 0.29) is 18.5 Å². The largest absolute Gasteiger partial charge is 0.466 e. The Labute approximate surface area is 430 Å². The third-order valence-corrected chi connectivity index (χ3v) is 14.1. The van der Waals surface area contributed by atoms with E-state index in [0.29, 0.717) is 19.4 Å². The molecule has 69 heavy (non-hydrogen) atoms. The van der Waals surface area contributed by atoms with Crippen molar-refractivity contribution in [2.75, 3.05) is 13.2 Å². The summed E-state index contributed by atoms with van der Waals surface area (Å²) >= 11 is 0. The van der Waals surface area contributed by atoms with E-state index < -0.39 is 12.1 Å². The fraction of sp³-hybridized carbons (Fsp3) is 0.873. The van der Waals surface area contributed by atoms with E-state index in [4.69, 9.17) is 4.74 Å². The van der Waals surface area contributed by atoms with Gasteiger partial charge >= 0.3 is 5.97 Å². The average Bonchev–Trinajstić information content (AvgIpc) is 3.35. The number of nitrogens with one attached hydrogen (secondary N) is 1. The van der Waals surface area contributed by atoms with Gasteiger partial charge in [-0.25, -0.2) is 0 Å². The maximum atomic E-state index is 12.4. The van der Waals surface area contributed by atoms with E-state index in [2.05, 4.69) is 43.5 Å². The smallest absolute Gasteiger partial charge is 0.305 e. The Hall–Kier alpha value is -1.92. The Morgan fingerprint density at radius 1 is 0.391 bits per heavy atom. The van der Waals surface area contributed by atoms with Crippen LogP contribution in [0.15, 0.2) is 36.5 Å². The third kappa shape index (κ3) is 55.2. The van der Waals surface area contributed by atoms with Crippen molar-refractivity contribution in [3.05, 3.63) is 36.5 Å². The molecule has 0 rings (SSSR count). The van der Waals surface area contributed by atoms with Gasteiger partial charge in [-0.05, 0) is 83.5 Å². The van der Waals surface area contributed by atoms with E-state index >= 15 is 0 Å². The molecule has 2 unspecified atom stereocenters. The van der Waals surface area contributed by atoms with Crippen molar-refractivity contribution in [1.82, 2.24) is 5.32 Å². The van der Waals surface area contributed by atoms with Gasteiger partial charge in [-0.15, -0.1) is 0 Å². The number of carbonyl (C=O) groups excluding carboxylic acids is 2. The molecule has 3 N–H and O–H groups in total. The Morgan fingerprint density at radius 2 is 0.681 bits per heavy atom. The van der Waals surface area contributed by atoms with Crippen molar-refractivity contribution in [1.29, 1.82) is 0 Å². The summed E-state index contributed by atoms with van der Waals surface area (Å²) in [6.45, 7) is 4.90. The summed E-state index contributed by atoms with van der Waals surface area (Å²) in [5.74, 6) is -0.0715. The van der Waals surface area contributed by atoms with Crippen LogP contribution in [0, 0.1) is 0 Å². The van der Waals surface area contributed by atoms with Gasteiger partial charge in [0.15, 0.2) is 0 Å². The number of aliphatic hydroxyl groups excluding tert-OH is 2. The van der Waals surface area contributed by atoms with Gasteiger partial charge in [-0.2, -0.15) is 0 Å². The number of esters is 1. The molecule has 0 fully saturated rings. The summed E-state index contributed by atoms with van der Waals surface area (Å²) in [7, 11) is 0. The lowest BCUT2D eigenvalue weighted by Gasteiger charge is -2.20. The Kier molecular flexibility index (Phi) is 57.0. The van der Waals surface area contributed by atoms with Gasteiger partial charge in [-0.1, -0.05) is 269 Å². The van der Waals surface area contributed by atoms with E-state index in [0.717, 1.165) is 51.4 Å². The molecule has 0 heterocycles. The molecule has 6 heteroatoms. The summed E-state index contributed by atoms with van der Waals surface area (Å²) in [5.41, 5.74) is 0. The summed E-state index contributed by atoms with van der Waals surface area (Å²) in [6, 6.07) is -0.634. The predicted molar refractivity (Wildman–Crippen MR) is 301 cm³/mol. The topological polar surface area (TPSA) is 95.9 Å². The predicted octanol–water partition coefficient (Wildman–Crippen LogP) is 19.2. The minimum Gasteiger partial charge on any atom is -0.466 e. The lowest BCUT2D eigenvalue weighted by molar-refractivity contribution is -0.143. The van der Waals surface area contributed by atoms with Crippen molar-refractivity contribution in [2.24, 2.45) is 0 Å². The molecule has 0 aromatic rings. The van der Waals surface area contributed by atoms with Crippen LogP contribution in [0.4, 0.5) is 0 Å². The maximum absolute atomic E-state index is 12.4. The highest BCUT2D eigenvalue weighted by atomic mass is 16.5. The zero-order valence-corrected chi connectivity index (χ0v) is 46.3. The second kappa shape index (κ2) is 58.6. The number of amides is 1. The number of allylic oxidation sites excluding steroid dienone is 5. The molecule has 6 nitrogen and oxygen atoms in total. The molecule has 2 atom stereocenters. The van der Waals surface area contributed by atoms with E-state index in [1.807, 2.05) is 6.08 Å². The van der Waals surface area contributed by atoms with Crippen LogP contribution in [0.25, 0.3) is 0 Å².